The van der Waals surface area contributed by atoms with Gasteiger partial charge in [0.1, 0.15) is 0 Å². The Kier molecular flexibility index (Phi) is 5.59. The van der Waals surface area contributed by atoms with Gasteiger partial charge in [-0.15, -0.1) is 0 Å². The Morgan fingerprint density at radius 1 is 1.47 bits per heavy atom. The van der Waals surface area contributed by atoms with Crippen LogP contribution in [0.25, 0.3) is 0 Å². The first-order valence-electron chi connectivity index (χ1n) is 5.83. The maximum Gasteiger partial charge on any atom is 0.282 e. The Labute approximate surface area is 111 Å². The van der Waals surface area contributed by atoms with E-state index in [-0.39, 0.29) is 5.69 Å². The second-order valence-electron chi connectivity index (χ2n) is 3.65. The minimum atomic E-state index is -0.483. The summed E-state index contributed by atoms with van der Waals surface area (Å²) in [6, 6.07) is 2.88. The van der Waals surface area contributed by atoms with Crippen molar-refractivity contribution in [2.45, 2.75) is 13.3 Å². The molecule has 0 saturated heterocycles. The summed E-state index contributed by atoms with van der Waals surface area (Å²) in [6.45, 7) is 2.48. The summed E-state index contributed by atoms with van der Waals surface area (Å²) in [5.41, 5.74) is 2.82. The molecule has 7 heteroatoms. The first-order valence-corrected chi connectivity index (χ1v) is 5.83. The molecule has 0 unspecified atom stereocenters. The van der Waals surface area contributed by atoms with Crippen LogP contribution >= 0.6 is 0 Å². The zero-order chi connectivity index (χ0) is 14.3. The maximum absolute atomic E-state index is 11.0. The number of hydrogen-bond acceptors (Lipinski definition) is 6. The number of benzene rings is 1. The molecule has 19 heavy (non-hydrogen) atoms. The number of rotatable bonds is 7. The third-order valence-corrected chi connectivity index (χ3v) is 2.30. The molecule has 104 valence electrons. The Bertz CT molecular complexity index is 474. The van der Waals surface area contributed by atoms with Crippen LogP contribution in [0.15, 0.2) is 17.2 Å². The van der Waals surface area contributed by atoms with Crippen molar-refractivity contribution in [1.29, 1.82) is 0 Å². The molecule has 0 atom stereocenters. The fraction of sp³-hybridized carbons (Fsp3) is 0.417. The van der Waals surface area contributed by atoms with Gasteiger partial charge in [-0.3, -0.25) is 10.1 Å². The van der Waals surface area contributed by atoms with Crippen molar-refractivity contribution >= 4 is 11.9 Å². The Hall–Kier alpha value is -2.31. The number of nitro benzene ring substituents is 1. The zero-order valence-electron chi connectivity index (χ0n) is 11.2. The number of hydrogen-bond donors (Lipinski definition) is 1. The summed E-state index contributed by atoms with van der Waals surface area (Å²) in [7, 11) is 3.06. The van der Waals surface area contributed by atoms with E-state index in [2.05, 4.69) is 10.5 Å². The Morgan fingerprint density at radius 3 is 2.74 bits per heavy atom. The van der Waals surface area contributed by atoms with E-state index in [1.54, 1.807) is 13.1 Å². The lowest BCUT2D eigenvalue weighted by Crippen LogP contribution is -2.03. The van der Waals surface area contributed by atoms with Gasteiger partial charge in [0.15, 0.2) is 11.5 Å². The first-order chi connectivity index (χ1) is 9.13. The predicted octanol–water partition coefficient (Wildman–Crippen LogP) is 1.95. The van der Waals surface area contributed by atoms with Crippen LogP contribution in [0, 0.1) is 10.1 Å². The van der Waals surface area contributed by atoms with Crippen LogP contribution in [0.5, 0.6) is 11.5 Å². The lowest BCUT2D eigenvalue weighted by Gasteiger charge is -2.11. The molecule has 0 bridgehead atoms. The molecule has 0 amide bonds. The number of nitrogens with one attached hydrogen (secondary N) is 1. The standard InChI is InChI=1S/C12H17N3O4/c1-4-5-19-12-6-9(8-14-13-2)10(15(16)17)7-11(12)18-3/h6-8,13H,4-5H2,1-3H3. The van der Waals surface area contributed by atoms with Crippen molar-refractivity contribution < 1.29 is 14.4 Å². The van der Waals surface area contributed by atoms with Crippen LogP contribution in [0.3, 0.4) is 0 Å². The van der Waals surface area contributed by atoms with E-state index in [0.717, 1.165) is 6.42 Å². The van der Waals surface area contributed by atoms with Gasteiger partial charge in [-0.05, 0) is 12.5 Å². The monoisotopic (exact) mass is 267 g/mol. The van der Waals surface area contributed by atoms with Gasteiger partial charge in [0.05, 0.1) is 36.5 Å². The second-order valence-corrected chi connectivity index (χ2v) is 3.65. The van der Waals surface area contributed by atoms with E-state index in [0.29, 0.717) is 23.7 Å². The van der Waals surface area contributed by atoms with Crippen molar-refractivity contribution in [2.24, 2.45) is 5.10 Å². The SMILES string of the molecule is CCCOc1cc(C=NNC)c([N+](=O)[O-])cc1OC. The molecule has 0 fully saturated rings. The fourth-order valence-corrected chi connectivity index (χ4v) is 1.44. The molecule has 0 aliphatic carbocycles. The van der Waals surface area contributed by atoms with Crippen molar-refractivity contribution in [3.8, 4) is 11.5 Å². The van der Waals surface area contributed by atoms with Crippen LogP contribution in [0.1, 0.15) is 18.9 Å². The summed E-state index contributed by atoms with van der Waals surface area (Å²) in [6.07, 6.45) is 2.20. The Balaban J connectivity index is 3.25. The summed E-state index contributed by atoms with van der Waals surface area (Å²) >= 11 is 0. The normalized spacial score (nSPS) is 10.5. The highest BCUT2D eigenvalue weighted by molar-refractivity contribution is 5.86. The molecule has 0 spiro atoms. The van der Waals surface area contributed by atoms with Gasteiger partial charge in [0, 0.05) is 7.05 Å². The van der Waals surface area contributed by atoms with Gasteiger partial charge >= 0.3 is 0 Å². The Morgan fingerprint density at radius 2 is 2.21 bits per heavy atom. The van der Waals surface area contributed by atoms with Crippen LogP contribution < -0.4 is 14.9 Å². The fourth-order valence-electron chi connectivity index (χ4n) is 1.44. The van der Waals surface area contributed by atoms with Crippen LogP contribution in [-0.2, 0) is 0 Å². The van der Waals surface area contributed by atoms with E-state index in [1.807, 2.05) is 6.92 Å². The average molecular weight is 267 g/mol. The largest absolute Gasteiger partial charge is 0.493 e. The number of hydrazone groups is 1. The van der Waals surface area contributed by atoms with Crippen LogP contribution in [0.4, 0.5) is 5.69 Å². The molecule has 0 radical (unpaired) electrons. The third kappa shape index (κ3) is 3.84. The molecular formula is C12H17N3O4. The van der Waals surface area contributed by atoms with E-state index in [9.17, 15) is 10.1 Å². The molecule has 0 aromatic heterocycles. The van der Waals surface area contributed by atoms with E-state index >= 15 is 0 Å². The molecular weight excluding hydrogens is 250 g/mol. The third-order valence-electron chi connectivity index (χ3n) is 2.30. The number of methoxy groups -OCH3 is 1. The quantitative estimate of drug-likeness (QED) is 0.463. The van der Waals surface area contributed by atoms with E-state index < -0.39 is 4.92 Å². The van der Waals surface area contributed by atoms with E-state index in [1.165, 1.54) is 19.4 Å². The van der Waals surface area contributed by atoms with Crippen molar-refractivity contribution in [3.05, 3.63) is 27.8 Å². The number of nitro groups is 1. The summed E-state index contributed by atoms with van der Waals surface area (Å²) in [5, 5.41) is 14.8. The van der Waals surface area contributed by atoms with Crippen molar-refractivity contribution in [3.63, 3.8) is 0 Å². The molecule has 1 rings (SSSR count). The molecule has 0 aliphatic heterocycles. The van der Waals surface area contributed by atoms with Gasteiger partial charge in [0.25, 0.3) is 5.69 Å². The van der Waals surface area contributed by atoms with Crippen molar-refractivity contribution in [1.82, 2.24) is 5.43 Å². The molecule has 0 heterocycles. The minimum Gasteiger partial charge on any atom is -0.493 e. The highest BCUT2D eigenvalue weighted by atomic mass is 16.6. The smallest absolute Gasteiger partial charge is 0.282 e. The zero-order valence-corrected chi connectivity index (χ0v) is 11.2. The summed E-state index contributed by atoms with van der Waals surface area (Å²) < 4.78 is 10.6. The molecule has 1 aromatic rings. The van der Waals surface area contributed by atoms with Gasteiger partial charge in [-0.25, -0.2) is 0 Å². The molecule has 1 aromatic carbocycles. The van der Waals surface area contributed by atoms with Crippen molar-refractivity contribution in [2.75, 3.05) is 20.8 Å². The highest BCUT2D eigenvalue weighted by Gasteiger charge is 2.18. The number of nitrogens with zero attached hydrogens (tertiary/aromatic N) is 2. The molecule has 1 N–H and O–H groups in total. The molecule has 0 saturated carbocycles. The lowest BCUT2D eigenvalue weighted by atomic mass is 10.1. The summed E-state index contributed by atoms with van der Waals surface area (Å²) in [5.74, 6) is 0.800. The summed E-state index contributed by atoms with van der Waals surface area (Å²) in [4.78, 5) is 10.5. The second kappa shape index (κ2) is 7.20. The highest BCUT2D eigenvalue weighted by Crippen LogP contribution is 2.34. The molecule has 7 nitrogen and oxygen atoms in total. The van der Waals surface area contributed by atoms with E-state index in [4.69, 9.17) is 9.47 Å². The van der Waals surface area contributed by atoms with Gasteiger partial charge in [-0.2, -0.15) is 5.10 Å². The number of ether oxygens (including phenoxy) is 2. The van der Waals surface area contributed by atoms with Gasteiger partial charge in [0.2, 0.25) is 0 Å². The van der Waals surface area contributed by atoms with Gasteiger partial charge in [-0.1, -0.05) is 6.92 Å². The predicted molar refractivity (Wildman–Crippen MR) is 72.1 cm³/mol. The average Bonchev–Trinajstić information content (AvgIpc) is 2.42. The maximum atomic E-state index is 11.0. The van der Waals surface area contributed by atoms with Crippen LogP contribution in [0.2, 0.25) is 0 Å². The van der Waals surface area contributed by atoms with Gasteiger partial charge < -0.3 is 14.9 Å². The minimum absolute atomic E-state index is 0.0836. The van der Waals surface area contributed by atoms with Crippen LogP contribution in [-0.4, -0.2) is 31.9 Å². The molecule has 0 aliphatic rings. The first kappa shape index (κ1) is 14.7. The topological polar surface area (TPSA) is 86.0 Å². The lowest BCUT2D eigenvalue weighted by molar-refractivity contribution is -0.385.